The van der Waals surface area contributed by atoms with E-state index in [1.165, 1.54) is 31.2 Å². The summed E-state index contributed by atoms with van der Waals surface area (Å²) in [7, 11) is 0. The molecule has 1 aromatic rings. The second kappa shape index (κ2) is 12.0. The number of hydrogen-bond acceptors (Lipinski definition) is 1. The van der Waals surface area contributed by atoms with Gasteiger partial charge in [-0.3, -0.25) is 4.99 Å². The van der Waals surface area contributed by atoms with Gasteiger partial charge in [-0.05, 0) is 24.8 Å². The number of nitrogens with two attached hydrogens (primary N) is 2. The predicted octanol–water partition coefficient (Wildman–Crippen LogP) is 2.58. The molecule has 1 aliphatic rings. The molecular weight excluding hydrogens is 333 g/mol. The maximum atomic E-state index is 6.02. The van der Waals surface area contributed by atoms with Gasteiger partial charge in [-0.25, -0.2) is 0 Å². The molecule has 5 nitrogen and oxygen atoms in total. The Morgan fingerprint density at radius 2 is 1.57 bits per heavy atom. The molecule has 7 heteroatoms. The molecule has 0 unspecified atom stereocenters. The Labute approximate surface area is 151 Å². The number of likely N-dealkylation sites (tertiary alicyclic amines) is 1. The minimum atomic E-state index is 0. The van der Waals surface area contributed by atoms with Crippen molar-refractivity contribution in [3.63, 3.8) is 0 Å². The molecule has 0 amide bonds. The van der Waals surface area contributed by atoms with Gasteiger partial charge in [0.15, 0.2) is 5.96 Å². The second-order valence-corrected chi connectivity index (χ2v) is 5.35. The van der Waals surface area contributed by atoms with Gasteiger partial charge < -0.3 is 16.4 Å². The number of benzene rings is 1. The van der Waals surface area contributed by atoms with Gasteiger partial charge in [0.1, 0.15) is 0 Å². The van der Waals surface area contributed by atoms with Crippen molar-refractivity contribution in [2.24, 2.45) is 21.5 Å². The van der Waals surface area contributed by atoms with Crippen LogP contribution in [0.5, 0.6) is 0 Å². The number of halogens is 2. The summed E-state index contributed by atoms with van der Waals surface area (Å²) in [6.45, 7) is 2.56. The summed E-state index contributed by atoms with van der Waals surface area (Å²) in [5, 5.41) is 0. The lowest BCUT2D eigenvalue weighted by molar-refractivity contribution is 0.431. The van der Waals surface area contributed by atoms with Crippen LogP contribution in [0.3, 0.4) is 0 Å². The van der Waals surface area contributed by atoms with Crippen molar-refractivity contribution in [1.82, 2.24) is 4.90 Å². The van der Waals surface area contributed by atoms with E-state index in [9.17, 15) is 0 Å². The van der Waals surface area contributed by atoms with Crippen LogP contribution in [-0.2, 0) is 6.42 Å². The number of rotatable bonds is 3. The van der Waals surface area contributed by atoms with E-state index in [4.69, 9.17) is 11.5 Å². The average Bonchev–Trinajstić information content (AvgIpc) is 2.77. The van der Waals surface area contributed by atoms with Crippen LogP contribution < -0.4 is 11.5 Å². The topological polar surface area (TPSA) is 80.0 Å². The van der Waals surface area contributed by atoms with E-state index in [1.807, 2.05) is 18.2 Å². The second-order valence-electron chi connectivity index (χ2n) is 5.35. The third-order valence-corrected chi connectivity index (χ3v) is 3.68. The first kappa shape index (κ1) is 21.5. The lowest BCUT2D eigenvalue weighted by Crippen LogP contribution is -2.39. The van der Waals surface area contributed by atoms with Crippen molar-refractivity contribution in [3.05, 3.63) is 35.9 Å². The molecule has 1 aromatic carbocycles. The van der Waals surface area contributed by atoms with Crippen LogP contribution in [0, 0.1) is 0 Å². The summed E-state index contributed by atoms with van der Waals surface area (Å²) >= 11 is 0. The highest BCUT2D eigenvalue weighted by molar-refractivity contribution is 5.93. The maximum absolute atomic E-state index is 6.02. The van der Waals surface area contributed by atoms with Crippen LogP contribution in [0.4, 0.5) is 0 Å². The zero-order valence-electron chi connectivity index (χ0n) is 13.4. The smallest absolute Gasteiger partial charge is 0.218 e. The van der Waals surface area contributed by atoms with E-state index < -0.39 is 0 Å². The van der Waals surface area contributed by atoms with Gasteiger partial charge in [0.25, 0.3) is 0 Å². The molecular formula is C16H27Cl2N5. The summed E-state index contributed by atoms with van der Waals surface area (Å²) in [5.74, 6) is 0.769. The fourth-order valence-electron chi connectivity index (χ4n) is 2.47. The molecule has 1 fully saturated rings. The van der Waals surface area contributed by atoms with Gasteiger partial charge in [-0.2, -0.15) is 4.99 Å². The van der Waals surface area contributed by atoms with E-state index in [2.05, 4.69) is 27.0 Å². The fraction of sp³-hybridized carbons (Fsp3) is 0.500. The lowest BCUT2D eigenvalue weighted by Gasteiger charge is -2.20. The molecule has 130 valence electrons. The van der Waals surface area contributed by atoms with Crippen LogP contribution in [-0.4, -0.2) is 36.5 Å². The van der Waals surface area contributed by atoms with Crippen LogP contribution in [0.2, 0.25) is 0 Å². The van der Waals surface area contributed by atoms with Crippen molar-refractivity contribution in [2.45, 2.75) is 32.1 Å². The highest BCUT2D eigenvalue weighted by Crippen LogP contribution is 2.09. The molecule has 1 aliphatic heterocycles. The van der Waals surface area contributed by atoms with Crippen molar-refractivity contribution < 1.29 is 0 Å². The molecule has 0 saturated carbocycles. The Bertz CT molecular complexity index is 483. The Balaban J connectivity index is 0.00000242. The third kappa shape index (κ3) is 8.09. The van der Waals surface area contributed by atoms with Crippen LogP contribution in [0.15, 0.2) is 40.3 Å². The third-order valence-electron chi connectivity index (χ3n) is 3.68. The zero-order valence-corrected chi connectivity index (χ0v) is 15.0. The molecule has 4 N–H and O–H groups in total. The number of nitrogens with zero attached hydrogens (tertiary/aromatic N) is 3. The Morgan fingerprint density at radius 3 is 2.17 bits per heavy atom. The summed E-state index contributed by atoms with van der Waals surface area (Å²) in [4.78, 5) is 10.6. The highest BCUT2D eigenvalue weighted by Gasteiger charge is 2.11. The van der Waals surface area contributed by atoms with E-state index in [1.54, 1.807) is 0 Å². The molecule has 0 aliphatic carbocycles. The molecule has 1 saturated heterocycles. The maximum Gasteiger partial charge on any atom is 0.218 e. The summed E-state index contributed by atoms with van der Waals surface area (Å²) in [5.41, 5.74) is 13.1. The molecule has 0 bridgehead atoms. The molecule has 0 atom stereocenters. The molecule has 0 spiro atoms. The zero-order chi connectivity index (χ0) is 14.9. The summed E-state index contributed by atoms with van der Waals surface area (Å²) in [6.07, 6.45) is 5.73. The first-order valence-electron chi connectivity index (χ1n) is 7.68. The Kier molecular flexibility index (Phi) is 11.3. The Hall–Kier alpha value is -1.46. The average molecular weight is 360 g/mol. The van der Waals surface area contributed by atoms with Crippen LogP contribution in [0.25, 0.3) is 0 Å². The van der Waals surface area contributed by atoms with Crippen molar-refractivity contribution >= 4 is 36.7 Å². The highest BCUT2D eigenvalue weighted by atomic mass is 35.5. The molecule has 2 rings (SSSR count). The van der Waals surface area contributed by atoms with Gasteiger partial charge in [-0.15, -0.1) is 24.8 Å². The minimum Gasteiger partial charge on any atom is -0.369 e. The number of guanidine groups is 2. The summed E-state index contributed by atoms with van der Waals surface area (Å²) in [6, 6.07) is 10.2. The van der Waals surface area contributed by atoms with Gasteiger partial charge >= 0.3 is 0 Å². The molecule has 23 heavy (non-hydrogen) atoms. The number of aliphatic imine (C=N–C) groups is 2. The minimum absolute atomic E-state index is 0. The lowest BCUT2D eigenvalue weighted by atomic mass is 10.2. The van der Waals surface area contributed by atoms with E-state index in [0.717, 1.165) is 19.5 Å². The van der Waals surface area contributed by atoms with E-state index in [-0.39, 0.29) is 30.8 Å². The largest absolute Gasteiger partial charge is 0.369 e. The van der Waals surface area contributed by atoms with Gasteiger partial charge in [0.05, 0.1) is 0 Å². The van der Waals surface area contributed by atoms with Gasteiger partial charge in [0, 0.05) is 19.6 Å². The van der Waals surface area contributed by atoms with Crippen molar-refractivity contribution in [2.75, 3.05) is 19.6 Å². The van der Waals surface area contributed by atoms with E-state index >= 15 is 0 Å². The Morgan fingerprint density at radius 1 is 0.957 bits per heavy atom. The molecule has 1 heterocycles. The number of hydrogen-bond donors (Lipinski definition) is 2. The monoisotopic (exact) mass is 359 g/mol. The fourth-order valence-corrected chi connectivity index (χ4v) is 2.47. The first-order chi connectivity index (χ1) is 10.3. The van der Waals surface area contributed by atoms with Crippen LogP contribution in [0.1, 0.15) is 31.2 Å². The molecule has 0 aromatic heterocycles. The SMILES string of the molecule is Cl.Cl.NC(=NCCc1ccccc1)/N=C(\N)N1CCCCCC1. The standard InChI is InChI=1S/C16H25N5.2ClH/c17-15(19-11-10-14-8-4-3-5-9-14)20-16(18)21-12-6-1-2-7-13-21;;/h3-5,8-9H,1-2,6-7,10-13H2,(H4,17,18,19,20);2*1H. The van der Waals surface area contributed by atoms with Gasteiger partial charge in [0.2, 0.25) is 5.96 Å². The quantitative estimate of drug-likeness (QED) is 0.642. The van der Waals surface area contributed by atoms with Gasteiger partial charge in [-0.1, -0.05) is 43.2 Å². The normalized spacial score (nSPS) is 16.1. The van der Waals surface area contributed by atoms with Crippen LogP contribution >= 0.6 is 24.8 Å². The van der Waals surface area contributed by atoms with Crippen molar-refractivity contribution in [1.29, 1.82) is 0 Å². The van der Waals surface area contributed by atoms with E-state index in [0.29, 0.717) is 12.5 Å². The predicted molar refractivity (Wildman–Crippen MR) is 103 cm³/mol. The molecule has 0 radical (unpaired) electrons. The van der Waals surface area contributed by atoms with Crippen molar-refractivity contribution in [3.8, 4) is 0 Å². The summed E-state index contributed by atoms with van der Waals surface area (Å²) < 4.78 is 0. The first-order valence-corrected chi connectivity index (χ1v) is 7.68.